The first kappa shape index (κ1) is 31.6. The first-order valence-corrected chi connectivity index (χ1v) is 17.8. The number of sulfone groups is 1. The van der Waals surface area contributed by atoms with Gasteiger partial charge in [0.15, 0.2) is 0 Å². The summed E-state index contributed by atoms with van der Waals surface area (Å²) in [5, 5.41) is 7.42. The lowest BCUT2D eigenvalue weighted by Crippen LogP contribution is -2.42. The van der Waals surface area contributed by atoms with E-state index in [0.717, 1.165) is 12.2 Å². The van der Waals surface area contributed by atoms with Crippen LogP contribution in [0.25, 0.3) is 11.0 Å². The third kappa shape index (κ3) is 6.77. The number of anilines is 1. The van der Waals surface area contributed by atoms with E-state index in [9.17, 15) is 13.2 Å². The van der Waals surface area contributed by atoms with Gasteiger partial charge in [0.2, 0.25) is 0 Å². The molecule has 0 saturated carbocycles. The number of hydrogen-bond donors (Lipinski definition) is 2. The molecule has 7 rings (SSSR count). The summed E-state index contributed by atoms with van der Waals surface area (Å²) in [7, 11) is -3.11. The van der Waals surface area contributed by atoms with E-state index in [0.29, 0.717) is 92.7 Å². The van der Waals surface area contributed by atoms with Crippen LogP contribution in [0, 0.1) is 5.92 Å². The Labute approximate surface area is 263 Å². The monoisotopic (exact) mass is 640 g/mol. The van der Waals surface area contributed by atoms with Crippen molar-refractivity contribution in [1.82, 2.24) is 24.8 Å². The van der Waals surface area contributed by atoms with Gasteiger partial charge in [-0.2, -0.15) is 0 Å². The number of nitrogens with zero attached hydrogens (tertiary/aromatic N) is 4. The minimum atomic E-state index is -3.11. The topological polar surface area (TPSA) is 109 Å². The maximum absolute atomic E-state index is 15.9. The van der Waals surface area contributed by atoms with Crippen molar-refractivity contribution in [3.8, 4) is 0 Å². The average molecular weight is 641 g/mol. The van der Waals surface area contributed by atoms with Gasteiger partial charge < -0.3 is 15.5 Å². The van der Waals surface area contributed by atoms with E-state index in [4.69, 9.17) is 0 Å². The Hall–Kier alpha value is -3.38. The number of nitrogens with one attached hydrogen (secondary N) is 2. The van der Waals surface area contributed by atoms with Gasteiger partial charge in [-0.05, 0) is 82.2 Å². The third-order valence-corrected chi connectivity index (χ3v) is 11.5. The molecule has 242 valence electrons. The van der Waals surface area contributed by atoms with Crippen molar-refractivity contribution in [2.75, 3.05) is 43.0 Å². The summed E-state index contributed by atoms with van der Waals surface area (Å²) in [4.78, 5) is 25.2. The molecule has 3 aromatic rings. The number of aryl methyl sites for hydroxylation is 1. The van der Waals surface area contributed by atoms with Gasteiger partial charge in [0.25, 0.3) is 11.5 Å². The molecule has 0 amide bonds. The summed E-state index contributed by atoms with van der Waals surface area (Å²) in [5.74, 6) is -3.28. The number of piperidine rings is 1. The Kier molecular flexibility index (Phi) is 8.98. The van der Waals surface area contributed by atoms with Gasteiger partial charge >= 0.3 is 0 Å². The largest absolute Gasteiger partial charge is 0.388 e. The van der Waals surface area contributed by atoms with Gasteiger partial charge in [-0.25, -0.2) is 27.2 Å². The van der Waals surface area contributed by atoms with Crippen LogP contribution in [0.15, 0.2) is 53.7 Å². The van der Waals surface area contributed by atoms with Crippen molar-refractivity contribution in [1.29, 1.82) is 0 Å². The lowest BCUT2D eigenvalue weighted by Gasteiger charge is -2.36. The zero-order chi connectivity index (χ0) is 31.8. The summed E-state index contributed by atoms with van der Waals surface area (Å²) in [6.07, 6.45) is 4.35. The van der Waals surface area contributed by atoms with Crippen molar-refractivity contribution in [3.63, 3.8) is 0 Å². The van der Waals surface area contributed by atoms with Crippen molar-refractivity contribution >= 4 is 26.7 Å². The first-order valence-electron chi connectivity index (χ1n) is 16.0. The number of pyridine rings is 1. The van der Waals surface area contributed by atoms with E-state index < -0.39 is 21.7 Å². The van der Waals surface area contributed by atoms with Crippen LogP contribution in [-0.4, -0.2) is 65.5 Å². The summed E-state index contributed by atoms with van der Waals surface area (Å²) in [6, 6.07) is 8.07. The maximum atomic E-state index is 15.9. The van der Waals surface area contributed by atoms with E-state index >= 15 is 8.78 Å². The molecule has 0 aliphatic carbocycles. The highest BCUT2D eigenvalue weighted by molar-refractivity contribution is 7.91. The Bertz CT molecular complexity index is 1720. The fourth-order valence-corrected chi connectivity index (χ4v) is 8.50. The van der Waals surface area contributed by atoms with Crippen LogP contribution in [0.3, 0.4) is 0 Å². The molecule has 0 spiro atoms. The highest BCUT2D eigenvalue weighted by Gasteiger charge is 2.42. The zero-order valence-electron chi connectivity index (χ0n) is 25.8. The Balaban J connectivity index is 1.40. The van der Waals surface area contributed by atoms with Crippen LogP contribution in [0.2, 0.25) is 0 Å². The highest BCUT2D eigenvalue weighted by atomic mass is 32.2. The molecule has 9 nitrogen and oxygen atoms in total. The molecule has 2 aromatic heterocycles. The molecule has 4 aliphatic rings. The molecule has 1 aromatic carbocycles. The average Bonchev–Trinajstić information content (AvgIpc) is 3.02. The van der Waals surface area contributed by atoms with E-state index in [1.165, 1.54) is 12.4 Å². The second-order valence-corrected chi connectivity index (χ2v) is 15.1. The SMILES string of the molecule is C=C1CCCn2c(=O)c(C3CCS(=O)(=O)CC3)cc3c(ncnc32)N[C@H](C)c2cccc(c2)C(F)(F)C2CCN(CCN1)CC2. The molecule has 45 heavy (non-hydrogen) atoms. The number of aromatic nitrogens is 3. The maximum Gasteiger partial charge on any atom is 0.276 e. The summed E-state index contributed by atoms with van der Waals surface area (Å²) in [5.41, 5.74) is 2.46. The number of hydrogen-bond acceptors (Lipinski definition) is 8. The Morgan fingerprint density at radius 2 is 1.78 bits per heavy atom. The molecule has 0 unspecified atom stereocenters. The molecule has 2 N–H and O–H groups in total. The second kappa shape index (κ2) is 12.8. The Morgan fingerprint density at radius 1 is 1.02 bits per heavy atom. The van der Waals surface area contributed by atoms with E-state index in [-0.39, 0.29) is 34.6 Å². The van der Waals surface area contributed by atoms with Gasteiger partial charge in [0.1, 0.15) is 27.6 Å². The molecule has 2 saturated heterocycles. The molecule has 4 aliphatic heterocycles. The smallest absolute Gasteiger partial charge is 0.276 e. The van der Waals surface area contributed by atoms with Gasteiger partial charge in [0, 0.05) is 48.4 Å². The van der Waals surface area contributed by atoms with E-state index in [2.05, 4.69) is 32.1 Å². The van der Waals surface area contributed by atoms with Crippen LogP contribution in [-0.2, 0) is 22.3 Å². The van der Waals surface area contributed by atoms with Crippen LogP contribution < -0.4 is 16.2 Å². The lowest BCUT2D eigenvalue weighted by molar-refractivity contribution is -0.0853. The fourth-order valence-electron chi connectivity index (χ4n) is 7.01. The number of rotatable bonds is 1. The summed E-state index contributed by atoms with van der Waals surface area (Å²) < 4.78 is 57.7. The summed E-state index contributed by atoms with van der Waals surface area (Å²) >= 11 is 0. The fraction of sp³-hybridized carbons (Fsp3) is 0.545. The van der Waals surface area contributed by atoms with Crippen LogP contribution in [0.1, 0.15) is 74.1 Å². The quantitative estimate of drug-likeness (QED) is 0.385. The van der Waals surface area contributed by atoms with Crippen molar-refractivity contribution in [3.05, 3.63) is 76.0 Å². The molecule has 8 bridgehead atoms. The molecule has 12 heteroatoms. The molecule has 1 atom stereocenters. The van der Waals surface area contributed by atoms with Crippen molar-refractivity contribution in [2.24, 2.45) is 5.92 Å². The standard InChI is InChI=1S/C33H42F2N6O3S/c1-22-5-4-13-41-31-29(20-28(32(41)42)24-10-17-45(43,44)18-11-24)30(37-21-38-31)39-23(2)25-6-3-7-27(19-25)33(34,35)26-8-14-40(15-9-26)16-12-36-22/h3,6-7,19-21,23-24,26,36H,1,4-5,8-18H2,2H3,(H,37,38,39)/t23-/m1/s1. The highest BCUT2D eigenvalue weighted by Crippen LogP contribution is 2.42. The van der Waals surface area contributed by atoms with Crippen LogP contribution >= 0.6 is 0 Å². The molecular weight excluding hydrogens is 598 g/mol. The molecule has 2 fully saturated rings. The normalized spacial score (nSPS) is 26.1. The van der Waals surface area contributed by atoms with Gasteiger partial charge in [0.05, 0.1) is 16.9 Å². The number of allylic oxidation sites excluding steroid dienone is 1. The van der Waals surface area contributed by atoms with Crippen LogP contribution in [0.4, 0.5) is 14.6 Å². The number of fused-ring (bicyclic) bond motifs is 9. The molecule has 0 radical (unpaired) electrons. The van der Waals surface area contributed by atoms with Gasteiger partial charge in [-0.1, -0.05) is 24.8 Å². The van der Waals surface area contributed by atoms with Crippen LogP contribution in [0.5, 0.6) is 0 Å². The van der Waals surface area contributed by atoms with Crippen molar-refractivity contribution in [2.45, 2.75) is 69.9 Å². The lowest BCUT2D eigenvalue weighted by atomic mass is 9.85. The van der Waals surface area contributed by atoms with Gasteiger partial charge in [-0.15, -0.1) is 0 Å². The predicted octanol–water partition coefficient (Wildman–Crippen LogP) is 4.96. The third-order valence-electron chi connectivity index (χ3n) is 9.79. The number of alkyl halides is 2. The molecule has 6 heterocycles. The minimum Gasteiger partial charge on any atom is -0.388 e. The van der Waals surface area contributed by atoms with E-state index in [1.807, 2.05) is 13.0 Å². The van der Waals surface area contributed by atoms with Gasteiger partial charge in [-0.3, -0.25) is 9.36 Å². The molecular formula is C33H42F2N6O3S. The zero-order valence-corrected chi connectivity index (χ0v) is 26.6. The Morgan fingerprint density at radius 3 is 2.53 bits per heavy atom. The summed E-state index contributed by atoms with van der Waals surface area (Å²) in [6.45, 7) is 9.16. The van der Waals surface area contributed by atoms with Crippen molar-refractivity contribution < 1.29 is 17.2 Å². The first-order chi connectivity index (χ1) is 21.5. The predicted molar refractivity (Wildman–Crippen MR) is 172 cm³/mol. The number of benzene rings is 1. The van der Waals surface area contributed by atoms with E-state index in [1.54, 1.807) is 22.8 Å². The minimum absolute atomic E-state index is 0.0203. The second-order valence-electron chi connectivity index (χ2n) is 12.8. The number of halogens is 2.